The van der Waals surface area contributed by atoms with Crippen molar-refractivity contribution in [3.63, 3.8) is 0 Å². The first kappa shape index (κ1) is 12.7. The summed E-state index contributed by atoms with van der Waals surface area (Å²) in [6.45, 7) is 0. The predicted molar refractivity (Wildman–Crippen MR) is 71.4 cm³/mol. The molecule has 0 spiro atoms. The molecule has 0 saturated heterocycles. The average Bonchev–Trinajstić information content (AvgIpc) is 2.29. The Balaban J connectivity index is 2.37. The van der Waals surface area contributed by atoms with Crippen LogP contribution in [0.4, 0.5) is 17.5 Å². The summed E-state index contributed by atoms with van der Waals surface area (Å²) in [7, 11) is 1.48. The zero-order valence-electron chi connectivity index (χ0n) is 9.32. The monoisotopic (exact) mass is 285 g/mol. The van der Waals surface area contributed by atoms with Crippen molar-refractivity contribution in [3.8, 4) is 0 Å². The Morgan fingerprint density at radius 2 is 2.11 bits per heavy atom. The highest BCUT2D eigenvalue weighted by atomic mass is 35.5. The highest BCUT2D eigenvalue weighted by molar-refractivity contribution is 6.36. The van der Waals surface area contributed by atoms with Crippen LogP contribution in [0.5, 0.6) is 0 Å². The third-order valence-electron chi connectivity index (χ3n) is 2.16. The Morgan fingerprint density at radius 3 is 2.72 bits per heavy atom. The first-order valence-corrected chi connectivity index (χ1v) is 5.66. The molecule has 0 atom stereocenters. The molecule has 1 aromatic heterocycles. The Kier molecular flexibility index (Phi) is 3.40. The maximum absolute atomic E-state index is 11.3. The van der Waals surface area contributed by atoms with E-state index in [0.29, 0.717) is 15.7 Å². The van der Waals surface area contributed by atoms with Gasteiger partial charge in [-0.3, -0.25) is 4.79 Å². The molecular weight excluding hydrogens is 277 g/mol. The smallest absolute Gasteiger partial charge is 0.309 e. The third kappa shape index (κ3) is 2.55. The zero-order valence-corrected chi connectivity index (χ0v) is 10.8. The minimum absolute atomic E-state index is 0.139. The number of nitrogens with one attached hydrogen (secondary N) is 1. The van der Waals surface area contributed by atoms with E-state index in [2.05, 4.69) is 15.4 Å². The van der Waals surface area contributed by atoms with Crippen molar-refractivity contribution in [1.29, 1.82) is 0 Å². The molecule has 0 amide bonds. The molecule has 0 bridgehead atoms. The van der Waals surface area contributed by atoms with Gasteiger partial charge in [-0.15, -0.1) is 5.10 Å². The van der Waals surface area contributed by atoms with Gasteiger partial charge in [0.1, 0.15) is 0 Å². The highest BCUT2D eigenvalue weighted by Crippen LogP contribution is 2.26. The molecule has 1 heterocycles. The zero-order chi connectivity index (χ0) is 13.3. The number of nitrogens with zero attached hydrogens (tertiary/aromatic N) is 3. The van der Waals surface area contributed by atoms with Crippen LogP contribution in [-0.4, -0.2) is 14.8 Å². The molecule has 0 saturated carbocycles. The van der Waals surface area contributed by atoms with E-state index in [4.69, 9.17) is 28.9 Å². The molecule has 0 aliphatic carbocycles. The summed E-state index contributed by atoms with van der Waals surface area (Å²) in [5, 5.41) is 7.69. The summed E-state index contributed by atoms with van der Waals surface area (Å²) < 4.78 is 1.09. The number of rotatable bonds is 2. The Morgan fingerprint density at radius 1 is 1.39 bits per heavy atom. The van der Waals surface area contributed by atoms with Gasteiger partial charge < -0.3 is 11.1 Å². The van der Waals surface area contributed by atoms with Gasteiger partial charge in [-0.1, -0.05) is 23.2 Å². The van der Waals surface area contributed by atoms with E-state index in [9.17, 15) is 4.79 Å². The van der Waals surface area contributed by atoms with Gasteiger partial charge in [-0.05, 0) is 18.2 Å². The van der Waals surface area contributed by atoms with Crippen molar-refractivity contribution in [3.05, 3.63) is 38.6 Å². The van der Waals surface area contributed by atoms with Crippen LogP contribution in [0.15, 0.2) is 23.0 Å². The highest BCUT2D eigenvalue weighted by Gasteiger charge is 2.07. The average molecular weight is 286 g/mol. The molecule has 0 radical (unpaired) electrons. The summed E-state index contributed by atoms with van der Waals surface area (Å²) in [4.78, 5) is 15.1. The predicted octanol–water partition coefficient (Wildman–Crippen LogP) is 1.81. The van der Waals surface area contributed by atoms with Gasteiger partial charge in [0.05, 0.1) is 10.7 Å². The topological polar surface area (TPSA) is 85.8 Å². The van der Waals surface area contributed by atoms with Crippen molar-refractivity contribution < 1.29 is 0 Å². The normalized spacial score (nSPS) is 10.4. The van der Waals surface area contributed by atoms with Crippen LogP contribution in [-0.2, 0) is 7.05 Å². The fraction of sp³-hybridized carbons (Fsp3) is 0.100. The van der Waals surface area contributed by atoms with Crippen molar-refractivity contribution in [2.75, 3.05) is 11.1 Å². The van der Waals surface area contributed by atoms with Gasteiger partial charge >= 0.3 is 5.56 Å². The van der Waals surface area contributed by atoms with E-state index in [1.807, 2.05) is 0 Å². The van der Waals surface area contributed by atoms with Gasteiger partial charge in [0.2, 0.25) is 5.95 Å². The molecule has 94 valence electrons. The number of aromatic nitrogens is 3. The second-order valence-electron chi connectivity index (χ2n) is 3.50. The number of aryl methyl sites for hydroxylation is 1. The molecule has 0 aliphatic heterocycles. The van der Waals surface area contributed by atoms with Crippen LogP contribution in [0.2, 0.25) is 10.0 Å². The number of anilines is 3. The lowest BCUT2D eigenvalue weighted by Crippen LogP contribution is -2.25. The maximum atomic E-state index is 11.3. The van der Waals surface area contributed by atoms with Gasteiger partial charge in [-0.25, -0.2) is 4.68 Å². The van der Waals surface area contributed by atoms with Crippen molar-refractivity contribution in [2.24, 2.45) is 7.05 Å². The lowest BCUT2D eigenvalue weighted by Gasteiger charge is -2.08. The van der Waals surface area contributed by atoms with Gasteiger partial charge in [0, 0.05) is 12.1 Å². The first-order valence-electron chi connectivity index (χ1n) is 4.90. The Labute approximate surface area is 112 Å². The fourth-order valence-corrected chi connectivity index (χ4v) is 1.76. The van der Waals surface area contributed by atoms with Gasteiger partial charge in [0.25, 0.3) is 0 Å². The minimum Gasteiger partial charge on any atom is -0.379 e. The minimum atomic E-state index is -0.456. The molecule has 18 heavy (non-hydrogen) atoms. The van der Waals surface area contributed by atoms with Gasteiger partial charge in [-0.2, -0.15) is 4.98 Å². The lowest BCUT2D eigenvalue weighted by molar-refractivity contribution is 0.700. The summed E-state index contributed by atoms with van der Waals surface area (Å²) in [6, 6.07) is 4.92. The van der Waals surface area contributed by atoms with E-state index in [1.165, 1.54) is 7.05 Å². The molecule has 2 rings (SSSR count). The number of nitrogens with two attached hydrogens (primary N) is 1. The number of halogens is 2. The van der Waals surface area contributed by atoms with Gasteiger partial charge in [0.15, 0.2) is 5.82 Å². The summed E-state index contributed by atoms with van der Waals surface area (Å²) in [6.07, 6.45) is 0. The van der Waals surface area contributed by atoms with Crippen LogP contribution in [0.3, 0.4) is 0 Å². The summed E-state index contributed by atoms with van der Waals surface area (Å²) in [5.74, 6) is 0.0407. The Bertz CT molecular complexity index is 629. The van der Waals surface area contributed by atoms with E-state index in [-0.39, 0.29) is 11.8 Å². The quantitative estimate of drug-likeness (QED) is 0.879. The van der Waals surface area contributed by atoms with E-state index in [1.54, 1.807) is 18.2 Å². The van der Waals surface area contributed by atoms with E-state index < -0.39 is 5.56 Å². The van der Waals surface area contributed by atoms with Crippen LogP contribution < -0.4 is 16.6 Å². The Hall–Kier alpha value is -1.79. The second-order valence-corrected chi connectivity index (χ2v) is 4.34. The van der Waals surface area contributed by atoms with Crippen molar-refractivity contribution in [2.45, 2.75) is 0 Å². The second kappa shape index (κ2) is 4.83. The largest absolute Gasteiger partial charge is 0.379 e. The van der Waals surface area contributed by atoms with Crippen molar-refractivity contribution in [1.82, 2.24) is 14.8 Å². The molecule has 8 heteroatoms. The van der Waals surface area contributed by atoms with Crippen molar-refractivity contribution >= 4 is 40.7 Å². The maximum Gasteiger partial charge on any atom is 0.309 e. The summed E-state index contributed by atoms with van der Waals surface area (Å²) >= 11 is 11.8. The van der Waals surface area contributed by atoms with Crippen LogP contribution in [0.1, 0.15) is 0 Å². The molecule has 0 fully saturated rings. The molecule has 2 aromatic rings. The molecule has 0 unspecified atom stereocenters. The molecule has 1 aromatic carbocycles. The standard InChI is InChI=1S/C10H9Cl2N5O/c1-17-9(18)8(13)15-10(16-17)14-7-3-2-5(11)4-6(7)12/h2-4H,1H3,(H3,13,14,15,16). The van der Waals surface area contributed by atoms with Crippen LogP contribution in [0, 0.1) is 0 Å². The molecule has 3 N–H and O–H groups in total. The third-order valence-corrected chi connectivity index (χ3v) is 2.71. The van der Waals surface area contributed by atoms with E-state index >= 15 is 0 Å². The number of hydrogen-bond acceptors (Lipinski definition) is 5. The number of nitrogen functional groups attached to an aromatic ring is 1. The number of benzene rings is 1. The first-order chi connectivity index (χ1) is 8.47. The van der Waals surface area contributed by atoms with Crippen LogP contribution >= 0.6 is 23.2 Å². The van der Waals surface area contributed by atoms with E-state index in [0.717, 1.165) is 4.68 Å². The molecule has 0 aliphatic rings. The molecule has 6 nitrogen and oxygen atoms in total. The molecular formula is C10H9Cl2N5O. The number of hydrogen-bond donors (Lipinski definition) is 2. The fourth-order valence-electron chi connectivity index (χ4n) is 1.30. The SMILES string of the molecule is Cn1nc(Nc2ccc(Cl)cc2Cl)nc(N)c1=O. The lowest BCUT2D eigenvalue weighted by atomic mass is 10.3. The summed E-state index contributed by atoms with van der Waals surface area (Å²) in [5.41, 5.74) is 5.57. The van der Waals surface area contributed by atoms with Crippen LogP contribution in [0.25, 0.3) is 0 Å².